The van der Waals surface area contributed by atoms with Gasteiger partial charge in [-0.15, -0.1) is 0 Å². The molecule has 0 aliphatic carbocycles. The summed E-state index contributed by atoms with van der Waals surface area (Å²) in [6.45, 7) is 2.17. The van der Waals surface area contributed by atoms with Gasteiger partial charge in [-0.1, -0.05) is 37.2 Å². The Labute approximate surface area is 133 Å². The predicted octanol–water partition coefficient (Wildman–Crippen LogP) is 2.84. The average molecular weight is 317 g/mol. The Balaban J connectivity index is 1.82. The van der Waals surface area contributed by atoms with E-state index in [9.17, 15) is 9.59 Å². The molecule has 2 rings (SSSR count). The van der Waals surface area contributed by atoms with E-state index in [0.717, 1.165) is 12.1 Å². The van der Waals surface area contributed by atoms with Crippen LogP contribution in [0.4, 0.5) is 5.69 Å². The lowest BCUT2D eigenvalue weighted by atomic mass is 10.1. The molecule has 0 saturated carbocycles. The molecule has 6 heteroatoms. The summed E-state index contributed by atoms with van der Waals surface area (Å²) < 4.78 is 0. The van der Waals surface area contributed by atoms with Gasteiger partial charge in [-0.3, -0.25) is 4.79 Å². The van der Waals surface area contributed by atoms with E-state index in [1.54, 1.807) is 6.07 Å². The highest BCUT2D eigenvalue weighted by Gasteiger charge is 2.04. The monoisotopic (exact) mass is 317 g/mol. The molecule has 0 atom stereocenters. The first-order valence-electron chi connectivity index (χ1n) is 7.24. The molecule has 1 amide bonds. The van der Waals surface area contributed by atoms with Gasteiger partial charge in [0.1, 0.15) is 0 Å². The third kappa shape index (κ3) is 5.37. The molecule has 22 heavy (non-hydrogen) atoms. The predicted molar refractivity (Wildman–Crippen MR) is 89.3 cm³/mol. The summed E-state index contributed by atoms with van der Waals surface area (Å²) in [5.74, 6) is 0.126. The second-order valence-electron chi connectivity index (χ2n) is 4.88. The van der Waals surface area contributed by atoms with Crippen molar-refractivity contribution in [2.24, 2.45) is 0 Å². The van der Waals surface area contributed by atoms with Crippen LogP contribution in [0.15, 0.2) is 46.3 Å². The third-order valence-electron chi connectivity index (χ3n) is 3.06. The fourth-order valence-electron chi connectivity index (χ4n) is 1.91. The first kappa shape index (κ1) is 16.3. The minimum absolute atomic E-state index is 0.107. The van der Waals surface area contributed by atoms with Gasteiger partial charge in [-0.2, -0.15) is 0 Å². The lowest BCUT2D eigenvalue weighted by Gasteiger charge is -2.06. The van der Waals surface area contributed by atoms with E-state index in [1.807, 2.05) is 24.3 Å². The number of carbonyl (C=O) groups is 1. The van der Waals surface area contributed by atoms with Gasteiger partial charge >= 0.3 is 5.69 Å². The van der Waals surface area contributed by atoms with Crippen LogP contribution < -0.4 is 11.0 Å². The van der Waals surface area contributed by atoms with Gasteiger partial charge in [-0.25, -0.2) is 9.78 Å². The number of aromatic amines is 1. The summed E-state index contributed by atoms with van der Waals surface area (Å²) in [6.07, 6.45) is 4.84. The van der Waals surface area contributed by atoms with Crippen LogP contribution in [-0.2, 0) is 11.2 Å². The van der Waals surface area contributed by atoms with Gasteiger partial charge in [0.25, 0.3) is 0 Å². The van der Waals surface area contributed by atoms with Gasteiger partial charge in [0.15, 0.2) is 0 Å². The molecule has 0 saturated heterocycles. The van der Waals surface area contributed by atoms with Crippen LogP contribution in [0.5, 0.6) is 0 Å². The second-order valence-corrected chi connectivity index (χ2v) is 5.89. The molecule has 0 bridgehead atoms. The second kappa shape index (κ2) is 8.38. The smallest absolute Gasteiger partial charge is 0.325 e. The van der Waals surface area contributed by atoms with Crippen LogP contribution in [0, 0.1) is 0 Å². The maximum atomic E-state index is 11.9. The molecule has 0 fully saturated rings. The van der Waals surface area contributed by atoms with E-state index in [0.29, 0.717) is 5.03 Å². The van der Waals surface area contributed by atoms with E-state index in [-0.39, 0.29) is 11.7 Å². The highest BCUT2D eigenvalue weighted by atomic mass is 32.2. The molecule has 5 nitrogen and oxygen atoms in total. The number of anilines is 1. The molecule has 0 radical (unpaired) electrons. The molecule has 0 aliphatic rings. The first-order valence-corrected chi connectivity index (χ1v) is 8.23. The van der Waals surface area contributed by atoms with E-state index < -0.39 is 5.69 Å². The first-order chi connectivity index (χ1) is 10.7. The molecule has 0 spiro atoms. The number of aryl methyl sites for hydroxylation is 1. The highest BCUT2D eigenvalue weighted by molar-refractivity contribution is 7.99. The maximum absolute atomic E-state index is 11.9. The molecule has 116 valence electrons. The van der Waals surface area contributed by atoms with Crippen LogP contribution in [0.25, 0.3) is 0 Å². The van der Waals surface area contributed by atoms with Gasteiger partial charge < -0.3 is 10.3 Å². The van der Waals surface area contributed by atoms with Gasteiger partial charge in [0.2, 0.25) is 5.91 Å². The van der Waals surface area contributed by atoms with Crippen molar-refractivity contribution in [2.45, 2.75) is 31.2 Å². The number of thioether (sulfide) groups is 1. The lowest BCUT2D eigenvalue weighted by Crippen LogP contribution is -2.15. The normalized spacial score (nSPS) is 10.4. The fraction of sp³-hybridized carbons (Fsp3) is 0.312. The minimum atomic E-state index is -0.409. The maximum Gasteiger partial charge on any atom is 0.345 e. The standard InChI is InChI=1S/C16H19N3O2S/c1-2-3-4-12-5-7-13(8-6-12)18-14(20)11-22-15-9-10-17-16(21)19-15/h5-10H,2-4,11H2,1H3,(H,18,20)(H,17,19,21). The van der Waals surface area contributed by atoms with Gasteiger partial charge in [0, 0.05) is 11.9 Å². The zero-order valence-electron chi connectivity index (χ0n) is 12.5. The van der Waals surface area contributed by atoms with E-state index >= 15 is 0 Å². The van der Waals surface area contributed by atoms with Crippen molar-refractivity contribution in [1.82, 2.24) is 9.97 Å². The topological polar surface area (TPSA) is 74.8 Å². The van der Waals surface area contributed by atoms with Crippen LogP contribution in [0.2, 0.25) is 0 Å². The van der Waals surface area contributed by atoms with Crippen molar-refractivity contribution in [3.8, 4) is 0 Å². The number of rotatable bonds is 7. The number of aromatic nitrogens is 2. The molecule has 0 aliphatic heterocycles. The number of benzene rings is 1. The zero-order valence-corrected chi connectivity index (χ0v) is 13.3. The molecule has 1 aromatic carbocycles. The van der Waals surface area contributed by atoms with Gasteiger partial charge in [-0.05, 0) is 36.6 Å². The summed E-state index contributed by atoms with van der Waals surface area (Å²) in [6, 6.07) is 9.59. The molecule has 1 heterocycles. The summed E-state index contributed by atoms with van der Waals surface area (Å²) >= 11 is 1.27. The molecule has 1 aromatic heterocycles. The Morgan fingerprint density at radius 2 is 2.05 bits per heavy atom. The SMILES string of the molecule is CCCCc1ccc(NC(=O)CSc2ccnc(=O)[nH]2)cc1. The summed E-state index contributed by atoms with van der Waals surface area (Å²) in [4.78, 5) is 29.0. The number of H-pyrrole nitrogens is 1. The van der Waals surface area contributed by atoms with Crippen molar-refractivity contribution < 1.29 is 4.79 Å². The largest absolute Gasteiger partial charge is 0.345 e. The number of nitrogens with zero attached hydrogens (tertiary/aromatic N) is 1. The molecule has 2 N–H and O–H groups in total. The van der Waals surface area contributed by atoms with E-state index in [1.165, 1.54) is 36.4 Å². The average Bonchev–Trinajstić information content (AvgIpc) is 2.52. The number of nitrogens with one attached hydrogen (secondary N) is 2. The van der Waals surface area contributed by atoms with Crippen LogP contribution in [0.3, 0.4) is 0 Å². The zero-order chi connectivity index (χ0) is 15.8. The highest BCUT2D eigenvalue weighted by Crippen LogP contribution is 2.15. The molecular formula is C16H19N3O2S. The number of amides is 1. The third-order valence-corrected chi connectivity index (χ3v) is 4.02. The van der Waals surface area contributed by atoms with Crippen molar-refractivity contribution >= 4 is 23.4 Å². The van der Waals surface area contributed by atoms with Crippen LogP contribution in [-0.4, -0.2) is 21.6 Å². The number of hydrogen-bond donors (Lipinski definition) is 2. The van der Waals surface area contributed by atoms with Crippen molar-refractivity contribution in [2.75, 3.05) is 11.1 Å². The summed E-state index contributed by atoms with van der Waals surface area (Å²) in [5.41, 5.74) is 1.66. The Morgan fingerprint density at radius 3 is 2.73 bits per heavy atom. The number of carbonyl (C=O) groups excluding carboxylic acids is 1. The summed E-state index contributed by atoms with van der Waals surface area (Å²) in [7, 11) is 0. The minimum Gasteiger partial charge on any atom is -0.325 e. The quantitative estimate of drug-likeness (QED) is 0.608. The van der Waals surface area contributed by atoms with Crippen molar-refractivity contribution in [3.63, 3.8) is 0 Å². The van der Waals surface area contributed by atoms with Crippen molar-refractivity contribution in [1.29, 1.82) is 0 Å². The van der Waals surface area contributed by atoms with Crippen LogP contribution >= 0.6 is 11.8 Å². The van der Waals surface area contributed by atoms with Gasteiger partial charge in [0.05, 0.1) is 10.8 Å². The number of unbranched alkanes of at least 4 members (excludes halogenated alkanes) is 1. The fourth-order valence-corrected chi connectivity index (χ4v) is 2.59. The Bertz CT molecular complexity index is 668. The number of hydrogen-bond acceptors (Lipinski definition) is 4. The molecular weight excluding hydrogens is 298 g/mol. The van der Waals surface area contributed by atoms with Crippen molar-refractivity contribution in [3.05, 3.63) is 52.6 Å². The van der Waals surface area contributed by atoms with Crippen LogP contribution in [0.1, 0.15) is 25.3 Å². The van der Waals surface area contributed by atoms with E-state index in [4.69, 9.17) is 0 Å². The molecule has 0 unspecified atom stereocenters. The summed E-state index contributed by atoms with van der Waals surface area (Å²) in [5, 5.41) is 3.47. The molecule has 2 aromatic rings. The van der Waals surface area contributed by atoms with E-state index in [2.05, 4.69) is 22.2 Å². The Hall–Kier alpha value is -2.08. The Kier molecular flexibility index (Phi) is 6.21. The Morgan fingerprint density at radius 1 is 1.27 bits per heavy atom. The lowest BCUT2D eigenvalue weighted by molar-refractivity contribution is -0.113.